The summed E-state index contributed by atoms with van der Waals surface area (Å²) in [5.41, 5.74) is 6.29. The van der Waals surface area contributed by atoms with Crippen LogP contribution < -0.4 is 10.6 Å². The van der Waals surface area contributed by atoms with Gasteiger partial charge in [-0.1, -0.05) is 11.3 Å². The molecule has 0 spiro atoms. The van der Waals surface area contributed by atoms with E-state index in [0.717, 1.165) is 24.3 Å². The maximum atomic E-state index is 11.6. The van der Waals surface area contributed by atoms with Gasteiger partial charge < -0.3 is 10.2 Å². The van der Waals surface area contributed by atoms with Crippen molar-refractivity contribution in [2.75, 3.05) is 6.54 Å². The first-order valence-corrected chi connectivity index (χ1v) is 6.13. The third kappa shape index (κ3) is 2.25. The van der Waals surface area contributed by atoms with E-state index < -0.39 is 0 Å². The lowest BCUT2D eigenvalue weighted by atomic mass is 10.3. The molecule has 0 aromatic carbocycles. The Kier molecular flexibility index (Phi) is 3.58. The second-order valence-corrected chi connectivity index (χ2v) is 4.33. The maximum Gasteiger partial charge on any atom is 0.307 e. The summed E-state index contributed by atoms with van der Waals surface area (Å²) in [6.45, 7) is 1.37. The molecule has 2 rings (SSSR count). The van der Waals surface area contributed by atoms with Crippen molar-refractivity contribution >= 4 is 11.3 Å². The fraction of sp³-hybridized carbons (Fsp3) is 0.364. The minimum atomic E-state index is 0.0587. The number of nitrogens with two attached hydrogens (primary N) is 1. The van der Waals surface area contributed by atoms with Gasteiger partial charge in [-0.3, -0.25) is 9.36 Å². The van der Waals surface area contributed by atoms with Crippen molar-refractivity contribution in [3.63, 3.8) is 0 Å². The number of thiazole rings is 1. The molecule has 86 valence electrons. The summed E-state index contributed by atoms with van der Waals surface area (Å²) < 4.78 is 7.05. The lowest BCUT2D eigenvalue weighted by molar-refractivity contribution is 0.561. The van der Waals surface area contributed by atoms with E-state index in [1.807, 2.05) is 17.5 Å². The van der Waals surface area contributed by atoms with Crippen LogP contribution in [0.15, 0.2) is 33.0 Å². The van der Waals surface area contributed by atoms with Crippen LogP contribution in [0.4, 0.5) is 0 Å². The molecule has 0 amide bonds. The molecule has 0 atom stereocenters. The van der Waals surface area contributed by atoms with Gasteiger partial charge in [-0.25, -0.2) is 0 Å². The minimum Gasteiger partial charge on any atom is -0.463 e. The zero-order valence-electron chi connectivity index (χ0n) is 8.89. The van der Waals surface area contributed by atoms with Gasteiger partial charge >= 0.3 is 4.87 Å². The molecular weight excluding hydrogens is 224 g/mol. The number of aromatic nitrogens is 1. The summed E-state index contributed by atoms with van der Waals surface area (Å²) >= 11 is 1.20. The normalized spacial score (nSPS) is 10.8. The van der Waals surface area contributed by atoms with E-state index in [0.29, 0.717) is 13.1 Å². The third-order valence-corrected chi connectivity index (χ3v) is 3.16. The molecule has 4 nitrogen and oxygen atoms in total. The highest BCUT2D eigenvalue weighted by Crippen LogP contribution is 2.20. The molecule has 0 aliphatic heterocycles. The van der Waals surface area contributed by atoms with Gasteiger partial charge in [-0.15, -0.1) is 0 Å². The zero-order valence-corrected chi connectivity index (χ0v) is 9.70. The third-order valence-electron chi connectivity index (χ3n) is 2.39. The highest BCUT2D eigenvalue weighted by molar-refractivity contribution is 7.07. The van der Waals surface area contributed by atoms with Crippen LogP contribution in [0.1, 0.15) is 12.8 Å². The standard InChI is InChI=1S/C11H14N2O2S/c12-5-1-2-6-13-9(8-16-11(13)14)10-4-3-7-15-10/h3-4,7-8H,1-2,5-6,12H2. The van der Waals surface area contributed by atoms with Crippen LogP contribution in [-0.4, -0.2) is 11.1 Å². The van der Waals surface area contributed by atoms with E-state index in [4.69, 9.17) is 10.2 Å². The zero-order chi connectivity index (χ0) is 11.4. The molecule has 0 saturated carbocycles. The SMILES string of the molecule is NCCCCn1c(-c2ccco2)csc1=O. The highest BCUT2D eigenvalue weighted by atomic mass is 32.1. The van der Waals surface area contributed by atoms with E-state index in [1.165, 1.54) is 11.3 Å². The quantitative estimate of drug-likeness (QED) is 0.809. The number of nitrogens with zero attached hydrogens (tertiary/aromatic N) is 1. The summed E-state index contributed by atoms with van der Waals surface area (Å²) in [5, 5.41) is 1.84. The smallest absolute Gasteiger partial charge is 0.307 e. The van der Waals surface area contributed by atoms with Crippen LogP contribution in [0.2, 0.25) is 0 Å². The van der Waals surface area contributed by atoms with Gasteiger partial charge in [0.25, 0.3) is 0 Å². The Labute approximate surface area is 97.3 Å². The van der Waals surface area contributed by atoms with Gasteiger partial charge in [0.2, 0.25) is 0 Å². The Bertz CT molecular complexity index is 484. The summed E-state index contributed by atoms with van der Waals surface area (Å²) in [6.07, 6.45) is 3.46. The number of rotatable bonds is 5. The van der Waals surface area contributed by atoms with Crippen LogP contribution in [-0.2, 0) is 6.54 Å². The molecule has 5 heteroatoms. The highest BCUT2D eigenvalue weighted by Gasteiger charge is 2.10. The van der Waals surface area contributed by atoms with Crippen molar-refractivity contribution in [2.24, 2.45) is 5.73 Å². The molecule has 0 unspecified atom stereocenters. The largest absolute Gasteiger partial charge is 0.463 e. The van der Waals surface area contributed by atoms with E-state index in [9.17, 15) is 4.79 Å². The van der Waals surface area contributed by atoms with Crippen LogP contribution in [0.5, 0.6) is 0 Å². The van der Waals surface area contributed by atoms with Crippen molar-refractivity contribution in [1.29, 1.82) is 0 Å². The van der Waals surface area contributed by atoms with Crippen molar-refractivity contribution in [1.82, 2.24) is 4.57 Å². The molecule has 16 heavy (non-hydrogen) atoms. The lowest BCUT2D eigenvalue weighted by Gasteiger charge is -2.04. The summed E-state index contributed by atoms with van der Waals surface area (Å²) in [4.78, 5) is 11.7. The average molecular weight is 238 g/mol. The van der Waals surface area contributed by atoms with Crippen molar-refractivity contribution in [2.45, 2.75) is 19.4 Å². The van der Waals surface area contributed by atoms with E-state index in [1.54, 1.807) is 10.8 Å². The number of furan rings is 1. The monoisotopic (exact) mass is 238 g/mol. The number of hydrogen-bond acceptors (Lipinski definition) is 4. The lowest BCUT2D eigenvalue weighted by Crippen LogP contribution is -2.15. The first-order chi connectivity index (χ1) is 7.83. The molecule has 0 saturated heterocycles. The Hall–Kier alpha value is -1.33. The van der Waals surface area contributed by atoms with Crippen molar-refractivity contribution in [3.8, 4) is 11.5 Å². The molecule has 0 aliphatic carbocycles. The van der Waals surface area contributed by atoms with Crippen molar-refractivity contribution in [3.05, 3.63) is 33.4 Å². The van der Waals surface area contributed by atoms with E-state index in [2.05, 4.69) is 0 Å². The average Bonchev–Trinajstić information content (AvgIpc) is 2.89. The van der Waals surface area contributed by atoms with Gasteiger partial charge in [-0.2, -0.15) is 0 Å². The molecule has 2 N–H and O–H groups in total. The second-order valence-electron chi connectivity index (χ2n) is 3.51. The van der Waals surface area contributed by atoms with Crippen LogP contribution in [0.25, 0.3) is 11.5 Å². The molecule has 2 aromatic rings. The summed E-state index contributed by atoms with van der Waals surface area (Å²) in [5.74, 6) is 0.742. The van der Waals surface area contributed by atoms with Crippen LogP contribution in [0, 0.1) is 0 Å². The minimum absolute atomic E-state index is 0.0587. The van der Waals surface area contributed by atoms with Crippen molar-refractivity contribution < 1.29 is 4.42 Å². The fourth-order valence-electron chi connectivity index (χ4n) is 1.57. The molecule has 0 bridgehead atoms. The van der Waals surface area contributed by atoms with Crippen LogP contribution >= 0.6 is 11.3 Å². The Morgan fingerprint density at radius 2 is 2.31 bits per heavy atom. The number of unbranched alkanes of at least 4 members (excludes halogenated alkanes) is 1. The molecule has 0 fully saturated rings. The summed E-state index contributed by atoms with van der Waals surface area (Å²) in [7, 11) is 0. The predicted molar refractivity (Wildman–Crippen MR) is 64.6 cm³/mol. The first kappa shape index (κ1) is 11.2. The Morgan fingerprint density at radius 3 is 3.00 bits per heavy atom. The van der Waals surface area contributed by atoms with Gasteiger partial charge in [0.05, 0.1) is 12.0 Å². The maximum absolute atomic E-state index is 11.6. The Balaban J connectivity index is 2.23. The molecule has 2 aromatic heterocycles. The van der Waals surface area contributed by atoms with Gasteiger partial charge in [0, 0.05) is 11.9 Å². The first-order valence-electron chi connectivity index (χ1n) is 5.25. The second kappa shape index (κ2) is 5.14. The van der Waals surface area contributed by atoms with Gasteiger partial charge in [0.15, 0.2) is 5.76 Å². The molecule has 0 radical (unpaired) electrons. The molecule has 2 heterocycles. The predicted octanol–water partition coefficient (Wildman–Crippen LogP) is 1.91. The Morgan fingerprint density at radius 1 is 1.44 bits per heavy atom. The molecular formula is C11H14N2O2S. The van der Waals surface area contributed by atoms with Gasteiger partial charge in [-0.05, 0) is 31.5 Å². The topological polar surface area (TPSA) is 61.2 Å². The summed E-state index contributed by atoms with van der Waals surface area (Å²) in [6, 6.07) is 3.68. The van der Waals surface area contributed by atoms with E-state index in [-0.39, 0.29) is 4.87 Å². The molecule has 0 aliphatic rings. The number of hydrogen-bond donors (Lipinski definition) is 1. The van der Waals surface area contributed by atoms with Crippen LogP contribution in [0.3, 0.4) is 0 Å². The van der Waals surface area contributed by atoms with Gasteiger partial charge in [0.1, 0.15) is 0 Å². The van der Waals surface area contributed by atoms with E-state index >= 15 is 0 Å². The fourth-order valence-corrected chi connectivity index (χ4v) is 2.35.